The van der Waals surface area contributed by atoms with Crippen LogP contribution >= 0.6 is 12.4 Å². The van der Waals surface area contributed by atoms with Crippen LogP contribution in [0.25, 0.3) is 0 Å². The minimum atomic E-state index is -0.784. The summed E-state index contributed by atoms with van der Waals surface area (Å²) >= 11 is 0. The van der Waals surface area contributed by atoms with Gasteiger partial charge in [-0.3, -0.25) is 24.2 Å². The lowest BCUT2D eigenvalue weighted by atomic mass is 10.0. The number of imide groups is 1. The second kappa shape index (κ2) is 10.0. The molecule has 2 aliphatic rings. The number of rotatable bonds is 8. The normalized spacial score (nSPS) is 17.7. The molecule has 3 rings (SSSR count). The molecule has 1 N–H and O–H groups in total. The summed E-state index contributed by atoms with van der Waals surface area (Å²) in [7, 11) is 1.87. The number of fused-ring (bicyclic) bond motifs is 1. The number of carboxylic acid groups (broad SMARTS) is 1. The average molecular weight is 410 g/mol. The van der Waals surface area contributed by atoms with E-state index in [1.165, 1.54) is 4.90 Å². The Morgan fingerprint density at radius 1 is 1.07 bits per heavy atom. The molecule has 2 aliphatic heterocycles. The van der Waals surface area contributed by atoms with E-state index in [1.807, 2.05) is 11.9 Å². The molecule has 0 radical (unpaired) electrons. The number of carboxylic acids is 1. The summed E-state index contributed by atoms with van der Waals surface area (Å²) in [5.74, 6) is -1.15. The zero-order chi connectivity index (χ0) is 19.4. The average Bonchev–Trinajstić information content (AvgIpc) is 2.90. The smallest absolute Gasteiger partial charge is 0.317 e. The molecule has 0 aromatic heterocycles. The number of aliphatic carboxylic acids is 1. The molecule has 0 spiro atoms. The summed E-state index contributed by atoms with van der Waals surface area (Å²) in [4.78, 5) is 41.1. The summed E-state index contributed by atoms with van der Waals surface area (Å²) in [6, 6.07) is 7.31. The Morgan fingerprint density at radius 3 is 2.14 bits per heavy atom. The van der Waals surface area contributed by atoms with Crippen LogP contribution in [-0.2, 0) is 4.79 Å². The molecule has 2 heterocycles. The number of piperidine rings is 1. The molecule has 7 nitrogen and oxygen atoms in total. The Hall–Kier alpha value is -1.96. The van der Waals surface area contributed by atoms with E-state index in [4.69, 9.17) is 5.11 Å². The molecular formula is C20H28ClN3O4. The van der Waals surface area contributed by atoms with E-state index in [0.717, 1.165) is 45.3 Å². The number of carbonyl (C=O) groups excluding carboxylic acids is 2. The van der Waals surface area contributed by atoms with Gasteiger partial charge < -0.3 is 10.0 Å². The number of halogens is 1. The van der Waals surface area contributed by atoms with Crippen molar-refractivity contribution in [3.05, 3.63) is 35.4 Å². The number of amides is 2. The fraction of sp³-hybridized carbons (Fsp3) is 0.550. The molecule has 1 aromatic carbocycles. The van der Waals surface area contributed by atoms with Gasteiger partial charge in [0.2, 0.25) is 0 Å². The van der Waals surface area contributed by atoms with Gasteiger partial charge in [-0.1, -0.05) is 12.1 Å². The highest BCUT2D eigenvalue weighted by molar-refractivity contribution is 6.21. The molecule has 0 saturated carbocycles. The lowest BCUT2D eigenvalue weighted by Crippen LogP contribution is -2.45. The number of hydrogen-bond acceptors (Lipinski definition) is 5. The van der Waals surface area contributed by atoms with Crippen molar-refractivity contribution < 1.29 is 19.5 Å². The highest BCUT2D eigenvalue weighted by Gasteiger charge is 2.34. The van der Waals surface area contributed by atoms with Gasteiger partial charge in [0.25, 0.3) is 11.8 Å². The van der Waals surface area contributed by atoms with Crippen LogP contribution in [0.1, 0.15) is 46.4 Å². The van der Waals surface area contributed by atoms with Crippen LogP contribution in [0, 0.1) is 0 Å². The first-order valence-electron chi connectivity index (χ1n) is 9.57. The molecule has 1 fully saturated rings. The van der Waals surface area contributed by atoms with Gasteiger partial charge in [0.15, 0.2) is 0 Å². The lowest BCUT2D eigenvalue weighted by Gasteiger charge is -2.36. The van der Waals surface area contributed by atoms with Crippen molar-refractivity contribution in [1.29, 1.82) is 0 Å². The zero-order valence-corrected chi connectivity index (χ0v) is 17.0. The third-order valence-corrected chi connectivity index (χ3v) is 5.55. The maximum atomic E-state index is 12.3. The SMILES string of the molecule is CN(CC(=O)O)C1CCN(CCCCN2C(=O)c3ccccc3C2=O)CC1.Cl. The van der Waals surface area contributed by atoms with Crippen LogP contribution in [0.15, 0.2) is 24.3 Å². The van der Waals surface area contributed by atoms with Gasteiger partial charge in [-0.05, 0) is 64.5 Å². The largest absolute Gasteiger partial charge is 0.480 e. The molecule has 8 heteroatoms. The second-order valence-corrected chi connectivity index (χ2v) is 7.40. The van der Waals surface area contributed by atoms with E-state index in [-0.39, 0.29) is 30.8 Å². The van der Waals surface area contributed by atoms with E-state index in [9.17, 15) is 14.4 Å². The van der Waals surface area contributed by atoms with Crippen LogP contribution in [-0.4, -0.2) is 83.4 Å². The maximum Gasteiger partial charge on any atom is 0.317 e. The summed E-state index contributed by atoms with van der Waals surface area (Å²) < 4.78 is 0. The molecule has 0 bridgehead atoms. The first-order valence-corrected chi connectivity index (χ1v) is 9.57. The maximum absolute atomic E-state index is 12.3. The number of hydrogen-bond donors (Lipinski definition) is 1. The van der Waals surface area contributed by atoms with Crippen LogP contribution in [0.2, 0.25) is 0 Å². The van der Waals surface area contributed by atoms with Gasteiger partial charge in [-0.2, -0.15) is 0 Å². The molecule has 2 amide bonds. The topological polar surface area (TPSA) is 81.2 Å². The zero-order valence-electron chi connectivity index (χ0n) is 16.2. The highest BCUT2D eigenvalue weighted by atomic mass is 35.5. The van der Waals surface area contributed by atoms with E-state index in [0.29, 0.717) is 23.7 Å². The predicted molar refractivity (Wildman–Crippen MR) is 108 cm³/mol. The van der Waals surface area contributed by atoms with Crippen LogP contribution in [0.4, 0.5) is 0 Å². The van der Waals surface area contributed by atoms with Gasteiger partial charge in [-0.25, -0.2) is 0 Å². The van der Waals surface area contributed by atoms with Gasteiger partial charge >= 0.3 is 5.97 Å². The van der Waals surface area contributed by atoms with Gasteiger partial charge in [0.1, 0.15) is 0 Å². The van der Waals surface area contributed by atoms with Gasteiger partial charge in [0, 0.05) is 12.6 Å². The molecule has 0 unspecified atom stereocenters. The van der Waals surface area contributed by atoms with Crippen molar-refractivity contribution in [1.82, 2.24) is 14.7 Å². The lowest BCUT2D eigenvalue weighted by molar-refractivity contribution is -0.138. The standard InChI is InChI=1S/C20H27N3O4.ClH/c1-21(14-18(24)25)15-8-12-22(13-9-15)10-4-5-11-23-19(26)16-6-2-3-7-17(16)20(23)27;/h2-3,6-7,15H,4-5,8-14H2,1H3,(H,24,25);1H. The summed E-state index contributed by atoms with van der Waals surface area (Å²) in [5, 5.41) is 8.89. The van der Waals surface area contributed by atoms with Crippen molar-refractivity contribution in [2.24, 2.45) is 0 Å². The molecule has 0 aliphatic carbocycles. The van der Waals surface area contributed by atoms with Crippen molar-refractivity contribution >= 4 is 30.2 Å². The van der Waals surface area contributed by atoms with E-state index in [1.54, 1.807) is 24.3 Å². The molecule has 0 atom stereocenters. The number of benzene rings is 1. The van der Waals surface area contributed by atoms with Crippen LogP contribution < -0.4 is 0 Å². The number of carbonyl (C=O) groups is 3. The molecule has 1 saturated heterocycles. The number of nitrogens with zero attached hydrogens (tertiary/aromatic N) is 3. The van der Waals surface area contributed by atoms with Crippen molar-refractivity contribution in [2.75, 3.05) is 39.8 Å². The monoisotopic (exact) mass is 409 g/mol. The molecular weight excluding hydrogens is 382 g/mol. The highest BCUT2D eigenvalue weighted by Crippen LogP contribution is 2.23. The van der Waals surface area contributed by atoms with E-state index in [2.05, 4.69) is 4.90 Å². The number of unbranched alkanes of at least 4 members (excludes halogenated alkanes) is 1. The van der Waals surface area contributed by atoms with E-state index < -0.39 is 5.97 Å². The number of likely N-dealkylation sites (N-methyl/N-ethyl adjacent to an activating group) is 1. The van der Waals surface area contributed by atoms with Crippen molar-refractivity contribution in [2.45, 2.75) is 31.7 Å². The van der Waals surface area contributed by atoms with Crippen LogP contribution in [0.3, 0.4) is 0 Å². The fourth-order valence-electron chi connectivity index (χ4n) is 3.97. The summed E-state index contributed by atoms with van der Waals surface area (Å²) in [5.41, 5.74) is 1.02. The summed E-state index contributed by atoms with van der Waals surface area (Å²) in [6.07, 6.45) is 3.68. The second-order valence-electron chi connectivity index (χ2n) is 7.40. The number of likely N-dealkylation sites (tertiary alicyclic amines) is 1. The Morgan fingerprint density at radius 2 is 1.61 bits per heavy atom. The van der Waals surface area contributed by atoms with Gasteiger partial charge in [0.05, 0.1) is 17.7 Å². The fourth-order valence-corrected chi connectivity index (χ4v) is 3.97. The molecule has 1 aromatic rings. The first-order chi connectivity index (χ1) is 13.0. The minimum absolute atomic E-state index is 0. The Labute approximate surface area is 171 Å². The first kappa shape index (κ1) is 22.3. The van der Waals surface area contributed by atoms with E-state index >= 15 is 0 Å². The Kier molecular flexibility index (Phi) is 7.98. The third-order valence-electron chi connectivity index (χ3n) is 5.55. The summed E-state index contributed by atoms with van der Waals surface area (Å²) in [6.45, 7) is 3.41. The third kappa shape index (κ3) is 5.10. The molecule has 28 heavy (non-hydrogen) atoms. The van der Waals surface area contributed by atoms with Crippen molar-refractivity contribution in [3.8, 4) is 0 Å². The van der Waals surface area contributed by atoms with Gasteiger partial charge in [-0.15, -0.1) is 12.4 Å². The Balaban J connectivity index is 0.00000280. The van der Waals surface area contributed by atoms with Crippen LogP contribution in [0.5, 0.6) is 0 Å². The predicted octanol–water partition coefficient (Wildman–Crippen LogP) is 1.97. The van der Waals surface area contributed by atoms with Crippen molar-refractivity contribution in [3.63, 3.8) is 0 Å². The Bertz CT molecular complexity index is 684. The quantitative estimate of drug-likeness (QED) is 0.522. The minimum Gasteiger partial charge on any atom is -0.480 e. The molecule has 154 valence electrons.